The van der Waals surface area contributed by atoms with Crippen LogP contribution >= 0.6 is 0 Å². The van der Waals surface area contributed by atoms with E-state index in [4.69, 9.17) is 0 Å². The van der Waals surface area contributed by atoms with Crippen LogP contribution in [0.5, 0.6) is 0 Å². The molecule has 2 aliphatic rings. The van der Waals surface area contributed by atoms with E-state index >= 15 is 0 Å². The lowest BCUT2D eigenvalue weighted by Crippen LogP contribution is -2.41. The summed E-state index contributed by atoms with van der Waals surface area (Å²) in [7, 11) is 1.59. The molecule has 1 saturated heterocycles. The lowest BCUT2D eigenvalue weighted by molar-refractivity contribution is -0.121. The molecule has 0 radical (unpaired) electrons. The minimum atomic E-state index is -0.181. The normalized spacial score (nSPS) is 18.9. The van der Waals surface area contributed by atoms with Crippen molar-refractivity contribution in [3.63, 3.8) is 0 Å². The number of aromatic nitrogens is 2. The van der Waals surface area contributed by atoms with Crippen molar-refractivity contribution in [3.8, 4) is 0 Å². The van der Waals surface area contributed by atoms with Crippen LogP contribution in [0, 0.1) is 0 Å². The fourth-order valence-corrected chi connectivity index (χ4v) is 5.93. The molecule has 0 bridgehead atoms. The number of carbonyl (C=O) groups excluding carboxylic acids is 2. The molecule has 1 aliphatic carbocycles. The van der Waals surface area contributed by atoms with Crippen LogP contribution in [0.3, 0.4) is 0 Å². The molecule has 2 N–H and O–H groups in total. The molecule has 3 aromatic rings. The standard InChI is InChI=1S/C27H33N5O3/c1-18(33)29-22-9-5-8-21-20(22)7-6-12-23(21)30-15-13-19(14-16-30)32-25-11-4-3-10-24(25)31(27(32)35)17-26(34)28-2/h3-5,8-11,19,23H,6-7,12-17H2,1-2H3,(H,28,34)(H,29,33). The van der Waals surface area contributed by atoms with Gasteiger partial charge in [-0.25, -0.2) is 4.79 Å². The van der Waals surface area contributed by atoms with E-state index in [9.17, 15) is 14.4 Å². The first-order valence-electron chi connectivity index (χ1n) is 12.5. The monoisotopic (exact) mass is 475 g/mol. The van der Waals surface area contributed by atoms with Crippen molar-refractivity contribution in [1.29, 1.82) is 0 Å². The molecule has 35 heavy (non-hydrogen) atoms. The van der Waals surface area contributed by atoms with Crippen LogP contribution in [0.1, 0.15) is 55.8 Å². The number of carbonyl (C=O) groups is 2. The van der Waals surface area contributed by atoms with Gasteiger partial charge in [0.25, 0.3) is 0 Å². The van der Waals surface area contributed by atoms with Gasteiger partial charge in [0, 0.05) is 44.8 Å². The number of benzene rings is 2. The first kappa shape index (κ1) is 23.4. The van der Waals surface area contributed by atoms with Gasteiger partial charge >= 0.3 is 5.69 Å². The summed E-state index contributed by atoms with van der Waals surface area (Å²) in [6.07, 6.45) is 4.95. The van der Waals surface area contributed by atoms with Gasteiger partial charge in [-0.1, -0.05) is 24.3 Å². The molecule has 8 nitrogen and oxygen atoms in total. The number of nitrogens with one attached hydrogen (secondary N) is 2. The van der Waals surface area contributed by atoms with Gasteiger partial charge < -0.3 is 10.6 Å². The summed E-state index contributed by atoms with van der Waals surface area (Å²) in [6, 6.07) is 14.4. The number of hydrogen-bond donors (Lipinski definition) is 2. The quantitative estimate of drug-likeness (QED) is 0.593. The molecule has 1 aliphatic heterocycles. The van der Waals surface area contributed by atoms with Gasteiger partial charge in [0.05, 0.1) is 11.0 Å². The molecule has 2 aromatic carbocycles. The Bertz CT molecular complexity index is 1320. The number of anilines is 1. The highest BCUT2D eigenvalue weighted by atomic mass is 16.2. The van der Waals surface area contributed by atoms with E-state index in [0.29, 0.717) is 6.04 Å². The Labute approximate surface area is 204 Å². The Morgan fingerprint density at radius 2 is 1.74 bits per heavy atom. The van der Waals surface area contributed by atoms with E-state index in [1.165, 1.54) is 11.1 Å². The number of imidazole rings is 1. The summed E-state index contributed by atoms with van der Waals surface area (Å²) in [6.45, 7) is 3.39. The van der Waals surface area contributed by atoms with E-state index in [1.807, 2.05) is 41.0 Å². The van der Waals surface area contributed by atoms with Crippen LogP contribution in [0.25, 0.3) is 11.0 Å². The zero-order valence-corrected chi connectivity index (χ0v) is 20.4. The summed E-state index contributed by atoms with van der Waals surface area (Å²) < 4.78 is 3.49. The number of para-hydroxylation sites is 2. The molecule has 2 heterocycles. The van der Waals surface area contributed by atoms with Gasteiger partial charge in [0.2, 0.25) is 11.8 Å². The Morgan fingerprint density at radius 3 is 2.46 bits per heavy atom. The van der Waals surface area contributed by atoms with Crippen molar-refractivity contribution in [2.45, 2.75) is 57.7 Å². The number of rotatable bonds is 5. The highest BCUT2D eigenvalue weighted by Crippen LogP contribution is 2.40. The maximum absolute atomic E-state index is 13.4. The number of fused-ring (bicyclic) bond motifs is 2. The maximum atomic E-state index is 13.4. The van der Waals surface area contributed by atoms with Crippen molar-refractivity contribution in [2.24, 2.45) is 0 Å². The van der Waals surface area contributed by atoms with Crippen molar-refractivity contribution in [2.75, 3.05) is 25.5 Å². The second-order valence-electron chi connectivity index (χ2n) is 9.63. The zero-order chi connectivity index (χ0) is 24.5. The van der Waals surface area contributed by atoms with Crippen molar-refractivity contribution < 1.29 is 9.59 Å². The Morgan fingerprint density at radius 1 is 1.00 bits per heavy atom. The third kappa shape index (κ3) is 4.38. The van der Waals surface area contributed by atoms with Crippen LogP contribution in [-0.4, -0.2) is 46.0 Å². The fraction of sp³-hybridized carbons (Fsp3) is 0.444. The second-order valence-corrected chi connectivity index (χ2v) is 9.63. The van der Waals surface area contributed by atoms with Crippen molar-refractivity contribution in [3.05, 3.63) is 64.1 Å². The third-order valence-electron chi connectivity index (χ3n) is 7.54. The molecule has 1 fully saturated rings. The van der Waals surface area contributed by atoms with E-state index in [-0.39, 0.29) is 30.1 Å². The minimum Gasteiger partial charge on any atom is -0.358 e. The van der Waals surface area contributed by atoms with Gasteiger partial charge in [0.15, 0.2) is 0 Å². The summed E-state index contributed by atoms with van der Waals surface area (Å²) in [5.41, 5.74) is 5.09. The number of hydrogen-bond acceptors (Lipinski definition) is 4. The van der Waals surface area contributed by atoms with Crippen molar-refractivity contribution in [1.82, 2.24) is 19.4 Å². The second kappa shape index (κ2) is 9.70. The SMILES string of the molecule is CNC(=O)Cn1c(=O)n(C2CCN(C3CCCc4c(NC(C)=O)cccc43)CC2)c2ccccc21. The predicted molar refractivity (Wildman–Crippen MR) is 137 cm³/mol. The molecule has 1 aromatic heterocycles. The van der Waals surface area contributed by atoms with Crippen molar-refractivity contribution >= 4 is 28.5 Å². The summed E-state index contributed by atoms with van der Waals surface area (Å²) in [4.78, 5) is 39.7. The smallest absolute Gasteiger partial charge is 0.329 e. The molecule has 1 atom stereocenters. The Kier molecular flexibility index (Phi) is 6.47. The summed E-state index contributed by atoms with van der Waals surface area (Å²) in [5, 5.41) is 5.62. The number of likely N-dealkylation sites (tertiary alicyclic amines) is 1. The minimum absolute atomic E-state index is 0.0250. The molecular formula is C27H33N5O3. The van der Waals surface area contributed by atoms with Crippen LogP contribution in [0.15, 0.2) is 47.3 Å². The predicted octanol–water partition coefficient (Wildman–Crippen LogP) is 3.22. The summed E-state index contributed by atoms with van der Waals surface area (Å²) >= 11 is 0. The molecule has 8 heteroatoms. The van der Waals surface area contributed by atoms with E-state index in [0.717, 1.165) is 61.9 Å². The highest BCUT2D eigenvalue weighted by molar-refractivity contribution is 5.89. The molecule has 5 rings (SSSR count). The maximum Gasteiger partial charge on any atom is 0.329 e. The van der Waals surface area contributed by atoms with Gasteiger partial charge in [-0.15, -0.1) is 0 Å². The third-order valence-corrected chi connectivity index (χ3v) is 7.54. The number of nitrogens with zero attached hydrogens (tertiary/aromatic N) is 3. The molecule has 2 amide bonds. The van der Waals surface area contributed by atoms with E-state index < -0.39 is 0 Å². The first-order valence-corrected chi connectivity index (χ1v) is 12.5. The van der Waals surface area contributed by atoms with E-state index in [1.54, 1.807) is 18.5 Å². The van der Waals surface area contributed by atoms with E-state index in [2.05, 4.69) is 21.6 Å². The molecule has 0 saturated carbocycles. The number of amides is 2. The lowest BCUT2D eigenvalue weighted by atomic mass is 9.84. The fourth-order valence-electron chi connectivity index (χ4n) is 5.93. The van der Waals surface area contributed by atoms with Crippen LogP contribution < -0.4 is 16.3 Å². The van der Waals surface area contributed by atoms with Crippen LogP contribution in [0.2, 0.25) is 0 Å². The van der Waals surface area contributed by atoms with Gasteiger partial charge in [-0.05, 0) is 61.4 Å². The first-order chi connectivity index (χ1) is 17.0. The average molecular weight is 476 g/mol. The largest absolute Gasteiger partial charge is 0.358 e. The van der Waals surface area contributed by atoms with Crippen LogP contribution in [-0.2, 0) is 22.6 Å². The highest BCUT2D eigenvalue weighted by Gasteiger charge is 2.32. The Balaban J connectivity index is 1.38. The summed E-state index contributed by atoms with van der Waals surface area (Å²) in [5.74, 6) is -0.221. The molecule has 184 valence electrons. The molecular weight excluding hydrogens is 442 g/mol. The van der Waals surface area contributed by atoms with Gasteiger partial charge in [0.1, 0.15) is 6.54 Å². The van der Waals surface area contributed by atoms with Gasteiger partial charge in [-0.3, -0.25) is 23.6 Å². The van der Waals surface area contributed by atoms with Gasteiger partial charge in [-0.2, -0.15) is 0 Å². The number of likely N-dealkylation sites (N-methyl/N-ethyl adjacent to an activating group) is 1. The van der Waals surface area contributed by atoms with Crippen LogP contribution in [0.4, 0.5) is 5.69 Å². The molecule has 0 spiro atoms. The lowest BCUT2D eigenvalue weighted by Gasteiger charge is -2.40. The Hall–Kier alpha value is -3.39. The molecule has 1 unspecified atom stereocenters. The zero-order valence-electron chi connectivity index (χ0n) is 20.4. The topological polar surface area (TPSA) is 88.4 Å². The number of piperidine rings is 1. The average Bonchev–Trinajstić information content (AvgIpc) is 3.14.